The summed E-state index contributed by atoms with van der Waals surface area (Å²) in [6.07, 6.45) is 1.35. The maximum Gasteiger partial charge on any atom is 0.345 e. The first-order chi connectivity index (χ1) is 15.9. The number of hydrogen-bond donors (Lipinski definition) is 3. The first kappa shape index (κ1) is 21.9. The van der Waals surface area contributed by atoms with Crippen molar-refractivity contribution in [1.82, 2.24) is 5.43 Å². The number of carbonyl (C=O) groups excluding carboxylic acids is 2. The van der Waals surface area contributed by atoms with Gasteiger partial charge in [0.2, 0.25) is 0 Å². The SMILES string of the molecule is O=C(NN=Cc1c(OC(=O)c2ccccc2Cl)ccc2ccccc12)c1ccc(O)cc1O. The van der Waals surface area contributed by atoms with Crippen LogP contribution < -0.4 is 10.2 Å². The van der Waals surface area contributed by atoms with E-state index in [1.165, 1.54) is 18.3 Å². The maximum absolute atomic E-state index is 12.7. The van der Waals surface area contributed by atoms with Crippen molar-refractivity contribution in [2.45, 2.75) is 0 Å². The molecule has 4 aromatic carbocycles. The van der Waals surface area contributed by atoms with Gasteiger partial charge in [0, 0.05) is 11.6 Å². The van der Waals surface area contributed by atoms with E-state index in [-0.39, 0.29) is 33.4 Å². The maximum atomic E-state index is 12.7. The molecule has 0 saturated carbocycles. The van der Waals surface area contributed by atoms with E-state index >= 15 is 0 Å². The van der Waals surface area contributed by atoms with E-state index in [2.05, 4.69) is 10.5 Å². The molecule has 0 aliphatic carbocycles. The number of amides is 1. The third-order valence-electron chi connectivity index (χ3n) is 4.81. The highest BCUT2D eigenvalue weighted by Crippen LogP contribution is 2.28. The van der Waals surface area contributed by atoms with Crippen LogP contribution in [0.3, 0.4) is 0 Å². The number of aromatic hydroxyl groups is 2. The molecule has 1 amide bonds. The van der Waals surface area contributed by atoms with E-state index in [4.69, 9.17) is 16.3 Å². The molecule has 0 aliphatic rings. The van der Waals surface area contributed by atoms with Gasteiger partial charge < -0.3 is 14.9 Å². The molecule has 0 radical (unpaired) electrons. The molecule has 0 bridgehead atoms. The standard InChI is InChI=1S/C25H17ClN2O5/c26-21-8-4-3-7-18(21)25(32)33-23-12-9-15-5-1-2-6-17(15)20(23)14-27-28-24(31)19-11-10-16(29)13-22(19)30/h1-14,29-30H,(H,28,31). The van der Waals surface area contributed by atoms with Crippen LogP contribution in [0.4, 0.5) is 0 Å². The normalized spacial score (nSPS) is 10.9. The quantitative estimate of drug-likeness (QED) is 0.170. The minimum Gasteiger partial charge on any atom is -0.508 e. The van der Waals surface area contributed by atoms with Crippen molar-refractivity contribution in [2.75, 3.05) is 0 Å². The van der Waals surface area contributed by atoms with Gasteiger partial charge in [0.25, 0.3) is 5.91 Å². The van der Waals surface area contributed by atoms with Crippen molar-refractivity contribution < 1.29 is 24.5 Å². The Morgan fingerprint density at radius 2 is 1.67 bits per heavy atom. The first-order valence-electron chi connectivity index (χ1n) is 9.78. The molecule has 0 aliphatic heterocycles. The summed E-state index contributed by atoms with van der Waals surface area (Å²) in [5.41, 5.74) is 2.94. The molecule has 164 valence electrons. The van der Waals surface area contributed by atoms with Gasteiger partial charge >= 0.3 is 5.97 Å². The van der Waals surface area contributed by atoms with Crippen LogP contribution in [0.15, 0.2) is 84.0 Å². The van der Waals surface area contributed by atoms with Crippen LogP contribution in [0.1, 0.15) is 26.3 Å². The lowest BCUT2D eigenvalue weighted by molar-refractivity contribution is 0.0734. The summed E-state index contributed by atoms with van der Waals surface area (Å²) < 4.78 is 5.60. The van der Waals surface area contributed by atoms with E-state index in [1.807, 2.05) is 24.3 Å². The zero-order valence-electron chi connectivity index (χ0n) is 17.0. The number of phenols is 2. The van der Waals surface area contributed by atoms with Gasteiger partial charge in [-0.05, 0) is 41.1 Å². The third-order valence-corrected chi connectivity index (χ3v) is 5.14. The van der Waals surface area contributed by atoms with Gasteiger partial charge in [0.05, 0.1) is 22.4 Å². The summed E-state index contributed by atoms with van der Waals surface area (Å²) in [7, 11) is 0. The average Bonchev–Trinajstić information content (AvgIpc) is 2.80. The number of nitrogens with zero attached hydrogens (tertiary/aromatic N) is 1. The van der Waals surface area contributed by atoms with Gasteiger partial charge in [-0.3, -0.25) is 4.79 Å². The largest absolute Gasteiger partial charge is 0.508 e. The van der Waals surface area contributed by atoms with Gasteiger partial charge in [-0.2, -0.15) is 5.10 Å². The second-order valence-electron chi connectivity index (χ2n) is 6.97. The Balaban J connectivity index is 1.64. The molecule has 3 N–H and O–H groups in total. The number of ether oxygens (including phenoxy) is 1. The molecule has 0 saturated heterocycles. The number of esters is 1. The Hall–Kier alpha value is -4.36. The molecule has 7 nitrogen and oxygen atoms in total. The lowest BCUT2D eigenvalue weighted by Crippen LogP contribution is -2.18. The van der Waals surface area contributed by atoms with Gasteiger partial charge in [-0.25, -0.2) is 10.2 Å². The molecule has 0 heterocycles. The van der Waals surface area contributed by atoms with Crippen LogP contribution in [0, 0.1) is 0 Å². The van der Waals surface area contributed by atoms with Crippen molar-refractivity contribution in [2.24, 2.45) is 5.10 Å². The predicted octanol–water partition coefficient (Wildman–Crippen LogP) is 4.89. The number of hydrazone groups is 1. The summed E-state index contributed by atoms with van der Waals surface area (Å²) in [5.74, 6) is -1.65. The molecule has 0 atom stereocenters. The van der Waals surface area contributed by atoms with E-state index in [0.29, 0.717) is 5.56 Å². The summed E-state index contributed by atoms with van der Waals surface area (Å²) in [6, 6.07) is 21.0. The third kappa shape index (κ3) is 4.78. The van der Waals surface area contributed by atoms with E-state index in [9.17, 15) is 19.8 Å². The van der Waals surface area contributed by atoms with Crippen molar-refractivity contribution >= 4 is 40.5 Å². The Morgan fingerprint density at radius 1 is 0.909 bits per heavy atom. The molecule has 4 rings (SSSR count). The smallest absolute Gasteiger partial charge is 0.345 e. The Kier molecular flexibility index (Phi) is 6.24. The van der Waals surface area contributed by atoms with Gasteiger partial charge in [-0.15, -0.1) is 0 Å². The molecule has 4 aromatic rings. The van der Waals surface area contributed by atoms with Crippen molar-refractivity contribution in [1.29, 1.82) is 0 Å². The molecule has 0 unspecified atom stereocenters. The molecule has 8 heteroatoms. The van der Waals surface area contributed by atoms with Crippen LogP contribution in [0.5, 0.6) is 17.2 Å². The second-order valence-corrected chi connectivity index (χ2v) is 7.38. The van der Waals surface area contributed by atoms with E-state index in [0.717, 1.165) is 16.8 Å². The monoisotopic (exact) mass is 460 g/mol. The topological polar surface area (TPSA) is 108 Å². The molecule has 33 heavy (non-hydrogen) atoms. The van der Waals surface area contributed by atoms with Crippen molar-refractivity contribution in [3.05, 3.63) is 101 Å². The summed E-state index contributed by atoms with van der Waals surface area (Å²) >= 11 is 6.11. The molecular weight excluding hydrogens is 444 g/mol. The van der Waals surface area contributed by atoms with Crippen LogP contribution in [-0.2, 0) is 0 Å². The van der Waals surface area contributed by atoms with E-state index in [1.54, 1.807) is 36.4 Å². The van der Waals surface area contributed by atoms with Crippen LogP contribution in [-0.4, -0.2) is 28.3 Å². The fraction of sp³-hybridized carbons (Fsp3) is 0. The summed E-state index contributed by atoms with van der Waals surface area (Å²) in [6.45, 7) is 0. The average molecular weight is 461 g/mol. The van der Waals surface area contributed by atoms with Gasteiger partial charge in [0.15, 0.2) is 0 Å². The number of halogens is 1. The predicted molar refractivity (Wildman–Crippen MR) is 125 cm³/mol. The Labute approximate surface area is 193 Å². The summed E-state index contributed by atoms with van der Waals surface area (Å²) in [5, 5.41) is 25.1. The fourth-order valence-corrected chi connectivity index (χ4v) is 3.42. The summed E-state index contributed by atoms with van der Waals surface area (Å²) in [4.78, 5) is 25.0. The first-order valence-corrected chi connectivity index (χ1v) is 10.2. The highest BCUT2D eigenvalue weighted by molar-refractivity contribution is 6.33. The highest BCUT2D eigenvalue weighted by atomic mass is 35.5. The Morgan fingerprint density at radius 3 is 2.45 bits per heavy atom. The lowest BCUT2D eigenvalue weighted by Gasteiger charge is -2.11. The molecular formula is C25H17ClN2O5. The van der Waals surface area contributed by atoms with E-state index < -0.39 is 11.9 Å². The zero-order chi connectivity index (χ0) is 23.4. The molecule has 0 fully saturated rings. The number of nitrogens with one attached hydrogen (secondary N) is 1. The number of fused-ring (bicyclic) bond motifs is 1. The lowest BCUT2D eigenvalue weighted by atomic mass is 10.0. The van der Waals surface area contributed by atoms with Gasteiger partial charge in [-0.1, -0.05) is 54.1 Å². The van der Waals surface area contributed by atoms with Crippen LogP contribution in [0.2, 0.25) is 5.02 Å². The minimum atomic E-state index is -0.682. The zero-order valence-corrected chi connectivity index (χ0v) is 17.8. The highest BCUT2D eigenvalue weighted by Gasteiger charge is 2.16. The van der Waals surface area contributed by atoms with Crippen molar-refractivity contribution in [3.8, 4) is 17.2 Å². The van der Waals surface area contributed by atoms with Crippen molar-refractivity contribution in [3.63, 3.8) is 0 Å². The fourth-order valence-electron chi connectivity index (χ4n) is 3.21. The number of rotatable bonds is 5. The minimum absolute atomic E-state index is 0.0618. The van der Waals surface area contributed by atoms with Gasteiger partial charge in [0.1, 0.15) is 17.2 Å². The van der Waals surface area contributed by atoms with Crippen LogP contribution >= 0.6 is 11.6 Å². The number of benzene rings is 4. The van der Waals surface area contributed by atoms with Crippen LogP contribution in [0.25, 0.3) is 10.8 Å². The number of hydrogen-bond acceptors (Lipinski definition) is 6. The number of carbonyl (C=O) groups is 2. The molecule has 0 aromatic heterocycles. The second kappa shape index (κ2) is 9.42. The molecule has 0 spiro atoms. The Bertz CT molecular complexity index is 1400. The number of phenolic OH excluding ortho intramolecular Hbond substituents is 2.